The number of rotatable bonds is 5. The van der Waals surface area contributed by atoms with Gasteiger partial charge < -0.3 is 0 Å². The first-order chi connectivity index (χ1) is 7.19. The van der Waals surface area contributed by atoms with Crippen molar-refractivity contribution < 1.29 is 0 Å². The third-order valence-corrected chi connectivity index (χ3v) is 4.73. The second-order valence-electron chi connectivity index (χ2n) is 3.10. The Balaban J connectivity index is 2.77. The SMILES string of the molecule is CCCSCc1nc(Cl)c(I)c(CC)n1. The summed E-state index contributed by atoms with van der Waals surface area (Å²) in [5, 5.41) is 0.592. The van der Waals surface area contributed by atoms with Gasteiger partial charge in [0.15, 0.2) is 0 Å². The Bertz CT molecular complexity index is 333. The minimum Gasteiger partial charge on any atom is -0.236 e. The highest BCUT2D eigenvalue weighted by atomic mass is 127. The van der Waals surface area contributed by atoms with Crippen LogP contribution in [0.1, 0.15) is 31.8 Å². The van der Waals surface area contributed by atoms with Crippen LogP contribution >= 0.6 is 46.0 Å². The van der Waals surface area contributed by atoms with Crippen molar-refractivity contribution in [3.8, 4) is 0 Å². The molecule has 1 rings (SSSR count). The summed E-state index contributed by atoms with van der Waals surface area (Å²) in [6.07, 6.45) is 2.09. The molecule has 0 atom stereocenters. The molecular formula is C10H14ClIN2S. The van der Waals surface area contributed by atoms with Crippen molar-refractivity contribution in [2.45, 2.75) is 32.4 Å². The summed E-state index contributed by atoms with van der Waals surface area (Å²) in [5.41, 5.74) is 1.06. The fourth-order valence-corrected chi connectivity index (χ4v) is 2.69. The minimum absolute atomic E-state index is 0.592. The first-order valence-corrected chi connectivity index (χ1v) is 7.58. The molecular weight excluding hydrogens is 343 g/mol. The Kier molecular flexibility index (Phi) is 6.23. The number of aryl methyl sites for hydroxylation is 1. The molecule has 5 heteroatoms. The number of hydrogen-bond acceptors (Lipinski definition) is 3. The summed E-state index contributed by atoms with van der Waals surface area (Å²) >= 11 is 10.1. The maximum Gasteiger partial charge on any atom is 0.146 e. The van der Waals surface area contributed by atoms with E-state index in [2.05, 4.69) is 46.4 Å². The summed E-state index contributed by atoms with van der Waals surface area (Å²) in [4.78, 5) is 8.78. The largest absolute Gasteiger partial charge is 0.236 e. The Hall–Kier alpha value is 0.450. The van der Waals surface area contributed by atoms with Gasteiger partial charge in [0.05, 0.1) is 15.0 Å². The summed E-state index contributed by atoms with van der Waals surface area (Å²) in [6.45, 7) is 4.26. The van der Waals surface area contributed by atoms with Gasteiger partial charge in [0.1, 0.15) is 11.0 Å². The fourth-order valence-electron chi connectivity index (χ4n) is 1.12. The zero-order valence-electron chi connectivity index (χ0n) is 8.89. The van der Waals surface area contributed by atoms with Crippen molar-refractivity contribution in [2.75, 3.05) is 5.75 Å². The molecule has 0 N–H and O–H groups in total. The van der Waals surface area contributed by atoms with Gasteiger partial charge in [-0.25, -0.2) is 9.97 Å². The van der Waals surface area contributed by atoms with Crippen molar-refractivity contribution >= 4 is 46.0 Å². The van der Waals surface area contributed by atoms with Gasteiger partial charge in [-0.2, -0.15) is 11.8 Å². The highest BCUT2D eigenvalue weighted by Crippen LogP contribution is 2.21. The molecule has 15 heavy (non-hydrogen) atoms. The van der Waals surface area contributed by atoms with Crippen molar-refractivity contribution in [1.29, 1.82) is 0 Å². The molecule has 1 heterocycles. The van der Waals surface area contributed by atoms with Gasteiger partial charge >= 0.3 is 0 Å². The van der Waals surface area contributed by atoms with Gasteiger partial charge in [-0.3, -0.25) is 0 Å². The van der Waals surface area contributed by atoms with Gasteiger partial charge in [0.25, 0.3) is 0 Å². The third kappa shape index (κ3) is 4.07. The first-order valence-electron chi connectivity index (χ1n) is 4.97. The molecule has 0 aliphatic heterocycles. The third-order valence-electron chi connectivity index (χ3n) is 1.84. The number of hydrogen-bond donors (Lipinski definition) is 0. The highest BCUT2D eigenvalue weighted by molar-refractivity contribution is 14.1. The highest BCUT2D eigenvalue weighted by Gasteiger charge is 2.08. The molecule has 0 saturated carbocycles. The van der Waals surface area contributed by atoms with E-state index in [1.807, 2.05) is 11.8 Å². The van der Waals surface area contributed by atoms with Crippen molar-refractivity contribution in [1.82, 2.24) is 9.97 Å². The summed E-state index contributed by atoms with van der Waals surface area (Å²) < 4.78 is 0.987. The van der Waals surface area contributed by atoms with Crippen LogP contribution in [-0.4, -0.2) is 15.7 Å². The average Bonchev–Trinajstić information content (AvgIpc) is 2.23. The zero-order valence-corrected chi connectivity index (χ0v) is 12.6. The lowest BCUT2D eigenvalue weighted by Gasteiger charge is -2.06. The number of thioether (sulfide) groups is 1. The van der Waals surface area contributed by atoms with Crippen molar-refractivity contribution in [3.05, 3.63) is 20.2 Å². The van der Waals surface area contributed by atoms with Crippen LogP contribution in [-0.2, 0) is 12.2 Å². The lowest BCUT2D eigenvalue weighted by Crippen LogP contribution is -2.02. The molecule has 0 spiro atoms. The van der Waals surface area contributed by atoms with E-state index in [0.29, 0.717) is 5.15 Å². The smallest absolute Gasteiger partial charge is 0.146 e. The molecule has 0 aliphatic carbocycles. The lowest BCUT2D eigenvalue weighted by atomic mass is 10.3. The molecule has 2 nitrogen and oxygen atoms in total. The Morgan fingerprint density at radius 3 is 2.67 bits per heavy atom. The van der Waals surface area contributed by atoms with Crippen LogP contribution in [0.3, 0.4) is 0 Å². The summed E-state index contributed by atoms with van der Waals surface area (Å²) in [5.74, 6) is 2.86. The Labute approximate surface area is 114 Å². The van der Waals surface area contributed by atoms with Gasteiger partial charge in [-0.15, -0.1) is 0 Å². The van der Waals surface area contributed by atoms with Gasteiger partial charge in [-0.1, -0.05) is 25.4 Å². The molecule has 1 aromatic rings. The average molecular weight is 357 g/mol. The van der Waals surface area contributed by atoms with E-state index in [-0.39, 0.29) is 0 Å². The van der Waals surface area contributed by atoms with E-state index in [9.17, 15) is 0 Å². The van der Waals surface area contributed by atoms with Crippen LogP contribution in [0, 0.1) is 3.57 Å². The maximum absolute atomic E-state index is 6.04. The molecule has 0 aliphatic rings. The van der Waals surface area contributed by atoms with Crippen LogP contribution in [0.5, 0.6) is 0 Å². The van der Waals surface area contributed by atoms with Gasteiger partial charge in [-0.05, 0) is 41.2 Å². The van der Waals surface area contributed by atoms with Gasteiger partial charge in [0, 0.05) is 0 Å². The van der Waals surface area contributed by atoms with Crippen LogP contribution in [0.2, 0.25) is 5.15 Å². The number of nitrogens with zero attached hydrogens (tertiary/aromatic N) is 2. The molecule has 0 amide bonds. The van der Waals surface area contributed by atoms with Crippen molar-refractivity contribution in [3.63, 3.8) is 0 Å². The topological polar surface area (TPSA) is 25.8 Å². The predicted octanol–water partition coefficient (Wildman–Crippen LogP) is 3.94. The van der Waals surface area contributed by atoms with E-state index in [1.165, 1.54) is 6.42 Å². The van der Waals surface area contributed by atoms with E-state index in [4.69, 9.17) is 11.6 Å². The van der Waals surface area contributed by atoms with Crippen LogP contribution < -0.4 is 0 Å². The van der Waals surface area contributed by atoms with E-state index in [1.54, 1.807) is 0 Å². The lowest BCUT2D eigenvalue weighted by molar-refractivity contribution is 0.926. The fraction of sp³-hybridized carbons (Fsp3) is 0.600. The molecule has 1 aromatic heterocycles. The molecule has 0 radical (unpaired) electrons. The van der Waals surface area contributed by atoms with E-state index in [0.717, 1.165) is 33.0 Å². The number of halogens is 2. The summed E-state index contributed by atoms with van der Waals surface area (Å²) in [6, 6.07) is 0. The van der Waals surface area contributed by atoms with Crippen LogP contribution in [0.25, 0.3) is 0 Å². The molecule has 84 valence electrons. The van der Waals surface area contributed by atoms with Crippen LogP contribution in [0.4, 0.5) is 0 Å². The molecule has 0 bridgehead atoms. The quantitative estimate of drug-likeness (QED) is 0.454. The maximum atomic E-state index is 6.04. The predicted molar refractivity (Wildman–Crippen MR) is 75.6 cm³/mol. The molecule has 0 unspecified atom stereocenters. The monoisotopic (exact) mass is 356 g/mol. The summed E-state index contributed by atoms with van der Waals surface area (Å²) in [7, 11) is 0. The minimum atomic E-state index is 0.592. The van der Waals surface area contributed by atoms with Crippen LogP contribution in [0.15, 0.2) is 0 Å². The molecule has 0 aromatic carbocycles. The molecule has 0 fully saturated rings. The standard InChI is InChI=1S/C10H14ClIN2S/c1-3-5-15-6-8-13-7(4-2)9(12)10(11)14-8/h3-6H2,1-2H3. The van der Waals surface area contributed by atoms with Gasteiger partial charge in [0.2, 0.25) is 0 Å². The van der Waals surface area contributed by atoms with E-state index >= 15 is 0 Å². The number of aromatic nitrogens is 2. The van der Waals surface area contributed by atoms with E-state index < -0.39 is 0 Å². The zero-order chi connectivity index (χ0) is 11.3. The molecule has 0 saturated heterocycles. The Morgan fingerprint density at radius 1 is 1.33 bits per heavy atom. The second kappa shape index (κ2) is 6.91. The Morgan fingerprint density at radius 2 is 2.07 bits per heavy atom. The second-order valence-corrected chi connectivity index (χ2v) is 5.64. The normalized spacial score (nSPS) is 10.7. The van der Waals surface area contributed by atoms with Crippen molar-refractivity contribution in [2.24, 2.45) is 0 Å². The first kappa shape index (κ1) is 13.5.